The maximum absolute atomic E-state index is 6.38. The van der Waals surface area contributed by atoms with Crippen molar-refractivity contribution in [1.29, 1.82) is 0 Å². The van der Waals surface area contributed by atoms with Gasteiger partial charge < -0.3 is 20.9 Å². The van der Waals surface area contributed by atoms with E-state index in [0.717, 1.165) is 59.7 Å². The molecule has 0 aliphatic carbocycles. The average molecular weight is 458 g/mol. The second-order valence-electron chi connectivity index (χ2n) is 8.99. The summed E-state index contributed by atoms with van der Waals surface area (Å²) in [6.45, 7) is 10.6. The number of nitrogens with two attached hydrogens (primary N) is 2. The Balaban J connectivity index is 1.69. The molecule has 1 aromatic carbocycles. The van der Waals surface area contributed by atoms with E-state index in [1.54, 1.807) is 6.21 Å². The van der Waals surface area contributed by atoms with Crippen LogP contribution in [0.1, 0.15) is 45.1 Å². The van der Waals surface area contributed by atoms with E-state index in [1.165, 1.54) is 12.8 Å². The molecule has 0 saturated carbocycles. The molecule has 7 heteroatoms. The Morgan fingerprint density at radius 3 is 2.79 bits per heavy atom. The summed E-state index contributed by atoms with van der Waals surface area (Å²) in [4.78, 5) is 16.5. The molecule has 3 aromatic rings. The highest BCUT2D eigenvalue weighted by Gasteiger charge is 2.22. The van der Waals surface area contributed by atoms with E-state index in [2.05, 4.69) is 47.0 Å². The molecule has 1 saturated heterocycles. The summed E-state index contributed by atoms with van der Waals surface area (Å²) >= 11 is 0. The van der Waals surface area contributed by atoms with E-state index in [-0.39, 0.29) is 0 Å². The Morgan fingerprint density at radius 2 is 2.12 bits per heavy atom. The van der Waals surface area contributed by atoms with Gasteiger partial charge in [0.1, 0.15) is 11.6 Å². The van der Waals surface area contributed by atoms with Crippen molar-refractivity contribution in [3.05, 3.63) is 60.4 Å². The lowest BCUT2D eigenvalue weighted by atomic mass is 10.1. The predicted molar refractivity (Wildman–Crippen MR) is 143 cm³/mol. The van der Waals surface area contributed by atoms with Crippen molar-refractivity contribution >= 4 is 28.8 Å². The number of aromatic nitrogens is 3. The third-order valence-electron chi connectivity index (χ3n) is 6.35. The standard InChI is InChI=1S/C27H35N7/c1-4-5-13-30-14-12-23(29)18-34-25-10-8-21(20(3)28)16-24(25)32-27(34)22-9-11-26(31-17-22)33-15-6-7-19(33)2/h8-12,14,16-17,19H,3-7,13,15,18,28-29H2,1-2H3. The van der Waals surface area contributed by atoms with Gasteiger partial charge >= 0.3 is 0 Å². The fourth-order valence-electron chi connectivity index (χ4n) is 4.38. The first-order valence-corrected chi connectivity index (χ1v) is 12.1. The van der Waals surface area contributed by atoms with E-state index in [1.807, 2.05) is 30.5 Å². The number of fused-ring (bicyclic) bond motifs is 1. The van der Waals surface area contributed by atoms with Crippen molar-refractivity contribution in [2.75, 3.05) is 18.0 Å². The van der Waals surface area contributed by atoms with Crippen molar-refractivity contribution in [2.24, 2.45) is 16.5 Å². The van der Waals surface area contributed by atoms with Crippen LogP contribution >= 0.6 is 0 Å². The smallest absolute Gasteiger partial charge is 0.143 e. The first-order valence-electron chi connectivity index (χ1n) is 12.1. The Kier molecular flexibility index (Phi) is 7.30. The van der Waals surface area contributed by atoms with Crippen LogP contribution in [0.25, 0.3) is 28.1 Å². The summed E-state index contributed by atoms with van der Waals surface area (Å²) in [7, 11) is 0. The fraction of sp³-hybridized carbons (Fsp3) is 0.370. The second kappa shape index (κ2) is 10.5. The summed E-state index contributed by atoms with van der Waals surface area (Å²) in [5, 5.41) is 0. The summed E-state index contributed by atoms with van der Waals surface area (Å²) in [5.41, 5.74) is 17.2. The summed E-state index contributed by atoms with van der Waals surface area (Å²) in [6.07, 6.45) is 10.2. The van der Waals surface area contributed by atoms with Gasteiger partial charge in [0, 0.05) is 48.5 Å². The molecule has 0 radical (unpaired) electrons. The number of hydrogen-bond acceptors (Lipinski definition) is 6. The Morgan fingerprint density at radius 1 is 1.26 bits per heavy atom. The minimum atomic E-state index is 0.499. The van der Waals surface area contributed by atoms with Crippen LogP contribution in [0.15, 0.2) is 59.9 Å². The van der Waals surface area contributed by atoms with Gasteiger partial charge in [-0.2, -0.15) is 0 Å². The quantitative estimate of drug-likeness (QED) is 0.357. The number of unbranched alkanes of at least 4 members (excludes halogenated alkanes) is 1. The third-order valence-corrected chi connectivity index (χ3v) is 6.35. The molecule has 0 amide bonds. The molecule has 1 aliphatic rings. The highest BCUT2D eigenvalue weighted by atomic mass is 15.2. The van der Waals surface area contributed by atoms with Crippen LogP contribution in [0, 0.1) is 0 Å². The van der Waals surface area contributed by atoms with Gasteiger partial charge in [-0.1, -0.05) is 26.0 Å². The van der Waals surface area contributed by atoms with Crippen LogP contribution in [0.3, 0.4) is 0 Å². The number of aliphatic imine (C=N–C) groups is 1. The number of nitrogens with zero attached hydrogens (tertiary/aromatic N) is 5. The van der Waals surface area contributed by atoms with Gasteiger partial charge in [0.15, 0.2) is 0 Å². The van der Waals surface area contributed by atoms with Gasteiger partial charge in [-0.25, -0.2) is 9.97 Å². The lowest BCUT2D eigenvalue weighted by Gasteiger charge is -2.22. The molecule has 1 aliphatic heterocycles. The molecule has 0 spiro atoms. The molecule has 0 bridgehead atoms. The maximum atomic E-state index is 6.38. The second-order valence-corrected chi connectivity index (χ2v) is 8.99. The van der Waals surface area contributed by atoms with Crippen molar-refractivity contribution < 1.29 is 0 Å². The zero-order valence-electron chi connectivity index (χ0n) is 20.2. The van der Waals surface area contributed by atoms with Crippen LogP contribution in [0.4, 0.5) is 5.82 Å². The third kappa shape index (κ3) is 5.14. The molecule has 7 nitrogen and oxygen atoms in total. The highest BCUT2D eigenvalue weighted by molar-refractivity contribution is 5.84. The Bertz CT molecular complexity index is 1200. The number of hydrogen-bond donors (Lipinski definition) is 2. The minimum absolute atomic E-state index is 0.499. The monoisotopic (exact) mass is 457 g/mol. The zero-order valence-corrected chi connectivity index (χ0v) is 20.2. The molecular formula is C27H35N7. The van der Waals surface area contributed by atoms with Crippen LogP contribution in [0.2, 0.25) is 0 Å². The lowest BCUT2D eigenvalue weighted by molar-refractivity contribution is 0.727. The van der Waals surface area contributed by atoms with Crippen molar-refractivity contribution in [1.82, 2.24) is 14.5 Å². The molecule has 2 aromatic heterocycles. The number of anilines is 1. The highest BCUT2D eigenvalue weighted by Crippen LogP contribution is 2.29. The van der Waals surface area contributed by atoms with E-state index in [9.17, 15) is 0 Å². The van der Waals surface area contributed by atoms with Crippen molar-refractivity contribution in [3.63, 3.8) is 0 Å². The van der Waals surface area contributed by atoms with Gasteiger partial charge in [0.2, 0.25) is 0 Å². The molecule has 4 N–H and O–H groups in total. The topological polar surface area (TPSA) is 98.3 Å². The van der Waals surface area contributed by atoms with Gasteiger partial charge in [-0.05, 0) is 62.1 Å². The number of benzene rings is 1. The van der Waals surface area contributed by atoms with Crippen LogP contribution in [-0.4, -0.2) is 39.9 Å². The van der Waals surface area contributed by atoms with Gasteiger partial charge in [0.05, 0.1) is 17.6 Å². The molecule has 34 heavy (non-hydrogen) atoms. The van der Waals surface area contributed by atoms with Crippen LogP contribution in [-0.2, 0) is 6.54 Å². The van der Waals surface area contributed by atoms with Gasteiger partial charge in [-0.3, -0.25) is 4.99 Å². The first kappa shape index (κ1) is 23.5. The Labute approximate surface area is 201 Å². The predicted octanol–water partition coefficient (Wildman–Crippen LogP) is 4.73. The SMILES string of the molecule is C=C(N)c1ccc2c(c1)nc(-c1ccc(N3CCCC3C)nc1)n2CC(N)=CC=NCCCC. The van der Waals surface area contributed by atoms with Crippen molar-refractivity contribution in [3.8, 4) is 11.4 Å². The average Bonchev–Trinajstić information content (AvgIpc) is 3.42. The zero-order chi connectivity index (χ0) is 24.1. The van der Waals surface area contributed by atoms with Gasteiger partial charge in [0.25, 0.3) is 0 Å². The Hall–Kier alpha value is -3.61. The minimum Gasteiger partial charge on any atom is -0.401 e. The van der Waals surface area contributed by atoms with E-state index >= 15 is 0 Å². The molecule has 178 valence electrons. The van der Waals surface area contributed by atoms with E-state index < -0.39 is 0 Å². The van der Waals surface area contributed by atoms with Crippen LogP contribution in [0.5, 0.6) is 0 Å². The normalized spacial score (nSPS) is 16.7. The molecule has 3 heterocycles. The largest absolute Gasteiger partial charge is 0.401 e. The molecule has 1 atom stereocenters. The molecule has 1 unspecified atom stereocenters. The fourth-order valence-corrected chi connectivity index (χ4v) is 4.38. The van der Waals surface area contributed by atoms with E-state index in [4.69, 9.17) is 21.4 Å². The first-order chi connectivity index (χ1) is 16.5. The van der Waals surface area contributed by atoms with Gasteiger partial charge in [-0.15, -0.1) is 0 Å². The molecular weight excluding hydrogens is 422 g/mol. The lowest BCUT2D eigenvalue weighted by Crippen LogP contribution is -2.26. The van der Waals surface area contributed by atoms with Crippen LogP contribution < -0.4 is 16.4 Å². The maximum Gasteiger partial charge on any atom is 0.143 e. The summed E-state index contributed by atoms with van der Waals surface area (Å²) < 4.78 is 2.12. The number of pyridine rings is 1. The number of imidazole rings is 1. The molecule has 1 fully saturated rings. The summed E-state index contributed by atoms with van der Waals surface area (Å²) in [6, 6.07) is 10.7. The van der Waals surface area contributed by atoms with E-state index in [0.29, 0.717) is 24.0 Å². The number of allylic oxidation sites excluding steroid dienone is 2. The van der Waals surface area contributed by atoms with Crippen molar-refractivity contribution in [2.45, 2.75) is 52.1 Å². The molecule has 4 rings (SSSR count). The number of rotatable bonds is 9. The summed E-state index contributed by atoms with van der Waals surface area (Å²) in [5.74, 6) is 1.84.